The predicted octanol–water partition coefficient (Wildman–Crippen LogP) is 3.99. The van der Waals surface area contributed by atoms with Crippen molar-refractivity contribution in [2.45, 2.75) is 32.1 Å². The third-order valence-electron chi connectivity index (χ3n) is 3.80. The van der Waals surface area contributed by atoms with Crippen LogP contribution in [0, 0.1) is 26.6 Å². The number of amides is 2. The number of benzene rings is 2. The number of carbonyl (C=O) groups excluding carboxylic acids is 2. The first kappa shape index (κ1) is 20.0. The van der Waals surface area contributed by atoms with Gasteiger partial charge in [-0.05, 0) is 56.2 Å². The average molecular weight is 374 g/mol. The molecule has 2 aromatic carbocycles. The van der Waals surface area contributed by atoms with Crippen molar-refractivity contribution in [3.8, 4) is 0 Å². The Balaban J connectivity index is 1.73. The van der Waals surface area contributed by atoms with Crippen LogP contribution in [0.15, 0.2) is 41.3 Å². The molecule has 0 aliphatic carbocycles. The van der Waals surface area contributed by atoms with Crippen LogP contribution >= 0.6 is 11.8 Å². The number of halogens is 1. The van der Waals surface area contributed by atoms with Crippen LogP contribution in [0.2, 0.25) is 0 Å². The molecule has 2 amide bonds. The van der Waals surface area contributed by atoms with Crippen molar-refractivity contribution in [1.82, 2.24) is 5.32 Å². The number of hydrogen-bond donors (Lipinski definition) is 2. The second-order valence-corrected chi connectivity index (χ2v) is 7.32. The van der Waals surface area contributed by atoms with Gasteiger partial charge in [0.2, 0.25) is 11.8 Å². The molecule has 0 aromatic heterocycles. The highest BCUT2D eigenvalue weighted by atomic mass is 32.2. The monoisotopic (exact) mass is 374 g/mol. The van der Waals surface area contributed by atoms with Gasteiger partial charge in [0.25, 0.3) is 0 Å². The summed E-state index contributed by atoms with van der Waals surface area (Å²) in [5.41, 5.74) is 3.93. The second-order valence-electron chi connectivity index (χ2n) is 6.15. The van der Waals surface area contributed by atoms with Gasteiger partial charge in [0.05, 0.1) is 6.54 Å². The quantitative estimate of drug-likeness (QED) is 0.721. The molecule has 0 atom stereocenters. The molecule has 0 unspecified atom stereocenters. The molecule has 2 aromatic rings. The van der Waals surface area contributed by atoms with E-state index in [1.165, 1.54) is 23.9 Å². The van der Waals surface area contributed by atoms with E-state index in [2.05, 4.69) is 10.6 Å². The second kappa shape index (κ2) is 9.38. The van der Waals surface area contributed by atoms with Crippen LogP contribution < -0.4 is 10.6 Å². The Hall–Kier alpha value is -2.34. The van der Waals surface area contributed by atoms with Crippen molar-refractivity contribution in [3.63, 3.8) is 0 Å². The van der Waals surface area contributed by atoms with Crippen LogP contribution in [-0.2, 0) is 9.59 Å². The number of hydrogen-bond acceptors (Lipinski definition) is 3. The van der Waals surface area contributed by atoms with Gasteiger partial charge >= 0.3 is 0 Å². The largest absolute Gasteiger partial charge is 0.347 e. The maximum Gasteiger partial charge on any atom is 0.243 e. The van der Waals surface area contributed by atoms with E-state index in [0.717, 1.165) is 27.3 Å². The van der Waals surface area contributed by atoms with E-state index in [9.17, 15) is 14.0 Å². The lowest BCUT2D eigenvalue weighted by Crippen LogP contribution is -2.33. The molecule has 0 aliphatic rings. The molecule has 0 radical (unpaired) electrons. The molecule has 0 fully saturated rings. The molecule has 26 heavy (non-hydrogen) atoms. The Morgan fingerprint density at radius 3 is 2.23 bits per heavy atom. The fourth-order valence-electron chi connectivity index (χ4n) is 2.62. The van der Waals surface area contributed by atoms with E-state index >= 15 is 0 Å². The standard InChI is InChI=1S/C20H23FN2O2S/c1-13-10-14(2)20(15(3)11-13)23-19(25)12-22-18(24)8-9-26-17-6-4-16(21)5-7-17/h4-7,10-11H,8-9,12H2,1-3H3,(H,22,24)(H,23,25). The van der Waals surface area contributed by atoms with Gasteiger partial charge in [0, 0.05) is 22.8 Å². The zero-order valence-electron chi connectivity index (χ0n) is 15.2. The fourth-order valence-corrected chi connectivity index (χ4v) is 3.47. The number of carbonyl (C=O) groups is 2. The van der Waals surface area contributed by atoms with Crippen molar-refractivity contribution in [2.75, 3.05) is 17.6 Å². The lowest BCUT2D eigenvalue weighted by Gasteiger charge is -2.13. The SMILES string of the molecule is Cc1cc(C)c(NC(=O)CNC(=O)CCSc2ccc(F)cc2)c(C)c1. The first-order valence-corrected chi connectivity index (χ1v) is 9.36. The topological polar surface area (TPSA) is 58.2 Å². The van der Waals surface area contributed by atoms with Gasteiger partial charge in [0.15, 0.2) is 0 Å². The van der Waals surface area contributed by atoms with Crippen LogP contribution in [0.3, 0.4) is 0 Å². The summed E-state index contributed by atoms with van der Waals surface area (Å²) in [6, 6.07) is 10.2. The third kappa shape index (κ3) is 6.19. The molecule has 0 saturated carbocycles. The smallest absolute Gasteiger partial charge is 0.243 e. The molecule has 0 heterocycles. The van der Waals surface area contributed by atoms with Gasteiger partial charge in [-0.25, -0.2) is 4.39 Å². The van der Waals surface area contributed by atoms with Crippen LogP contribution in [-0.4, -0.2) is 24.1 Å². The lowest BCUT2D eigenvalue weighted by atomic mass is 10.1. The Morgan fingerprint density at radius 1 is 1.00 bits per heavy atom. The summed E-state index contributed by atoms with van der Waals surface area (Å²) in [5, 5.41) is 5.48. The van der Waals surface area contributed by atoms with Crippen molar-refractivity contribution in [1.29, 1.82) is 0 Å². The summed E-state index contributed by atoms with van der Waals surface area (Å²) in [5.74, 6) is -0.154. The maximum absolute atomic E-state index is 12.8. The van der Waals surface area contributed by atoms with Gasteiger partial charge in [-0.1, -0.05) is 17.7 Å². The van der Waals surface area contributed by atoms with Crippen LogP contribution in [0.5, 0.6) is 0 Å². The van der Waals surface area contributed by atoms with E-state index in [1.54, 1.807) is 12.1 Å². The minimum atomic E-state index is -0.280. The highest BCUT2D eigenvalue weighted by Gasteiger charge is 2.10. The van der Waals surface area contributed by atoms with Crippen LogP contribution in [0.1, 0.15) is 23.1 Å². The molecule has 0 bridgehead atoms. The highest BCUT2D eigenvalue weighted by molar-refractivity contribution is 7.99. The summed E-state index contributed by atoms with van der Waals surface area (Å²) in [6.45, 7) is 5.84. The van der Waals surface area contributed by atoms with E-state index in [-0.39, 0.29) is 30.6 Å². The number of nitrogens with one attached hydrogen (secondary N) is 2. The minimum Gasteiger partial charge on any atom is -0.347 e. The van der Waals surface area contributed by atoms with Gasteiger partial charge in [-0.15, -0.1) is 11.8 Å². The molecule has 2 rings (SSSR count). The number of aryl methyl sites for hydroxylation is 3. The molecule has 6 heteroatoms. The first-order chi connectivity index (χ1) is 12.3. The van der Waals surface area contributed by atoms with E-state index in [1.807, 2.05) is 32.9 Å². The summed E-state index contributed by atoms with van der Waals surface area (Å²) in [4.78, 5) is 24.8. The Bertz CT molecular complexity index is 768. The van der Waals surface area contributed by atoms with Gasteiger partial charge in [0.1, 0.15) is 5.82 Å². The lowest BCUT2D eigenvalue weighted by molar-refractivity contribution is -0.123. The summed E-state index contributed by atoms with van der Waals surface area (Å²) in [6.07, 6.45) is 0.290. The summed E-state index contributed by atoms with van der Waals surface area (Å²) < 4.78 is 12.8. The predicted molar refractivity (Wildman–Crippen MR) is 104 cm³/mol. The van der Waals surface area contributed by atoms with E-state index in [4.69, 9.17) is 0 Å². The maximum atomic E-state index is 12.8. The molecular weight excluding hydrogens is 351 g/mol. The Kier molecular flexibility index (Phi) is 7.21. The Morgan fingerprint density at radius 2 is 1.62 bits per heavy atom. The summed E-state index contributed by atoms with van der Waals surface area (Å²) >= 11 is 1.47. The highest BCUT2D eigenvalue weighted by Crippen LogP contribution is 2.21. The van der Waals surface area contributed by atoms with Crippen LogP contribution in [0.25, 0.3) is 0 Å². The van der Waals surface area contributed by atoms with Crippen molar-refractivity contribution >= 4 is 29.3 Å². The van der Waals surface area contributed by atoms with Gasteiger partial charge in [-0.2, -0.15) is 0 Å². The molecule has 138 valence electrons. The Labute approximate surface area is 157 Å². The van der Waals surface area contributed by atoms with Crippen molar-refractivity contribution < 1.29 is 14.0 Å². The summed E-state index contributed by atoms with van der Waals surface area (Å²) in [7, 11) is 0. The third-order valence-corrected chi connectivity index (χ3v) is 4.81. The van der Waals surface area contributed by atoms with Gasteiger partial charge in [-0.3, -0.25) is 9.59 Å². The minimum absolute atomic E-state index is 0.0627. The van der Waals surface area contributed by atoms with Crippen molar-refractivity contribution in [3.05, 3.63) is 58.9 Å². The molecular formula is C20H23FN2O2S. The van der Waals surface area contributed by atoms with Gasteiger partial charge < -0.3 is 10.6 Å². The molecule has 2 N–H and O–H groups in total. The first-order valence-electron chi connectivity index (χ1n) is 8.38. The van der Waals surface area contributed by atoms with Crippen LogP contribution in [0.4, 0.5) is 10.1 Å². The van der Waals surface area contributed by atoms with E-state index < -0.39 is 0 Å². The average Bonchev–Trinajstić information content (AvgIpc) is 2.58. The zero-order valence-corrected chi connectivity index (χ0v) is 16.0. The number of anilines is 1. The van der Waals surface area contributed by atoms with Crippen molar-refractivity contribution in [2.24, 2.45) is 0 Å². The normalized spacial score (nSPS) is 10.5. The number of rotatable bonds is 7. The van der Waals surface area contributed by atoms with E-state index in [0.29, 0.717) is 5.75 Å². The molecule has 0 saturated heterocycles. The molecule has 0 spiro atoms. The molecule has 4 nitrogen and oxygen atoms in total. The fraction of sp³-hybridized carbons (Fsp3) is 0.300. The number of thioether (sulfide) groups is 1. The zero-order chi connectivity index (χ0) is 19.1. The molecule has 0 aliphatic heterocycles.